The summed E-state index contributed by atoms with van der Waals surface area (Å²) < 4.78 is 0. The molecule has 0 fully saturated rings. The summed E-state index contributed by atoms with van der Waals surface area (Å²) in [5, 5.41) is 13.5. The predicted octanol–water partition coefficient (Wildman–Crippen LogP) is 5.00. The number of ketones is 1. The van der Waals surface area contributed by atoms with Crippen molar-refractivity contribution in [1.82, 2.24) is 0 Å². The normalized spacial score (nSPS) is 10.4. The average molecular weight is 388 g/mol. The molecule has 0 aliphatic rings. The van der Waals surface area contributed by atoms with Gasteiger partial charge in [0.1, 0.15) is 0 Å². The number of nitrogens with zero attached hydrogens (tertiary/aromatic N) is 1. The molecule has 3 aromatic rings. The van der Waals surface area contributed by atoms with Crippen molar-refractivity contribution in [2.45, 2.75) is 20.8 Å². The highest BCUT2D eigenvalue weighted by atomic mass is 16.6. The van der Waals surface area contributed by atoms with Gasteiger partial charge in [0.25, 0.3) is 11.6 Å². The number of nitro benzene ring substituents is 1. The zero-order valence-corrected chi connectivity index (χ0v) is 16.4. The van der Waals surface area contributed by atoms with Crippen molar-refractivity contribution in [3.63, 3.8) is 0 Å². The Labute approximate surface area is 168 Å². The Bertz CT molecular complexity index is 1090. The molecule has 0 unspecified atom stereocenters. The molecule has 146 valence electrons. The minimum absolute atomic E-state index is 0.0920. The Morgan fingerprint density at radius 1 is 0.862 bits per heavy atom. The van der Waals surface area contributed by atoms with E-state index < -0.39 is 10.8 Å². The van der Waals surface area contributed by atoms with Crippen LogP contribution in [0.3, 0.4) is 0 Å². The lowest BCUT2D eigenvalue weighted by Gasteiger charge is -2.11. The number of nitro groups is 1. The molecule has 1 amide bonds. The average Bonchev–Trinajstić information content (AvgIpc) is 2.67. The van der Waals surface area contributed by atoms with E-state index in [2.05, 4.69) is 5.32 Å². The van der Waals surface area contributed by atoms with Gasteiger partial charge in [0, 0.05) is 34.5 Å². The summed E-state index contributed by atoms with van der Waals surface area (Å²) in [7, 11) is 0. The van der Waals surface area contributed by atoms with Gasteiger partial charge in [0.05, 0.1) is 4.92 Å². The number of carbonyl (C=O) groups excluding carboxylic acids is 2. The Kier molecular flexibility index (Phi) is 5.54. The molecule has 0 aliphatic heterocycles. The summed E-state index contributed by atoms with van der Waals surface area (Å²) in [6.45, 7) is 5.81. The second-order valence-corrected chi connectivity index (χ2v) is 6.94. The van der Waals surface area contributed by atoms with E-state index in [9.17, 15) is 19.7 Å². The van der Waals surface area contributed by atoms with Crippen molar-refractivity contribution in [3.05, 3.63) is 104 Å². The molecule has 0 radical (unpaired) electrons. The maximum absolute atomic E-state index is 12.9. The summed E-state index contributed by atoms with van der Waals surface area (Å²) in [6, 6.07) is 16.0. The molecule has 0 aromatic heterocycles. The third-order valence-corrected chi connectivity index (χ3v) is 4.63. The molecule has 0 bridgehead atoms. The third kappa shape index (κ3) is 4.38. The van der Waals surface area contributed by atoms with Gasteiger partial charge in [0.2, 0.25) is 0 Å². The molecule has 29 heavy (non-hydrogen) atoms. The zero-order chi connectivity index (χ0) is 21.1. The maximum atomic E-state index is 12.9. The van der Waals surface area contributed by atoms with Crippen LogP contribution >= 0.6 is 0 Å². The highest BCUT2D eigenvalue weighted by Gasteiger charge is 2.16. The topological polar surface area (TPSA) is 89.3 Å². The second-order valence-electron chi connectivity index (χ2n) is 6.94. The predicted molar refractivity (Wildman–Crippen MR) is 112 cm³/mol. The smallest absolute Gasteiger partial charge is 0.271 e. The number of amides is 1. The van der Waals surface area contributed by atoms with Crippen LogP contribution in [0.1, 0.15) is 43.0 Å². The van der Waals surface area contributed by atoms with Crippen LogP contribution in [0.15, 0.2) is 60.7 Å². The van der Waals surface area contributed by atoms with Crippen LogP contribution in [-0.2, 0) is 0 Å². The van der Waals surface area contributed by atoms with E-state index in [1.807, 2.05) is 32.9 Å². The van der Waals surface area contributed by atoms with Crippen LogP contribution in [0.4, 0.5) is 11.4 Å². The van der Waals surface area contributed by atoms with Crippen LogP contribution in [0.25, 0.3) is 0 Å². The summed E-state index contributed by atoms with van der Waals surface area (Å²) >= 11 is 0. The first-order valence-corrected chi connectivity index (χ1v) is 9.04. The molecule has 0 aliphatic carbocycles. The molecule has 0 saturated carbocycles. The summed E-state index contributed by atoms with van der Waals surface area (Å²) in [5.41, 5.74) is 4.68. The number of anilines is 1. The summed E-state index contributed by atoms with van der Waals surface area (Å²) in [4.78, 5) is 35.7. The Hall–Kier alpha value is -3.80. The van der Waals surface area contributed by atoms with E-state index >= 15 is 0 Å². The molecule has 0 saturated heterocycles. The number of non-ortho nitro benzene ring substituents is 1. The van der Waals surface area contributed by atoms with Crippen LogP contribution in [0.2, 0.25) is 0 Å². The number of hydrogen-bond donors (Lipinski definition) is 1. The van der Waals surface area contributed by atoms with Crippen LogP contribution in [0.5, 0.6) is 0 Å². The molecule has 0 atom stereocenters. The SMILES string of the molecule is Cc1cc(C)c(C(=O)c2ccc(C(=O)Nc3cccc([N+](=O)[O-])c3)cc2)c(C)c1. The Balaban J connectivity index is 1.80. The standard InChI is InChI=1S/C23H20N2O4/c1-14-11-15(2)21(16(3)12-14)22(26)17-7-9-18(10-8-17)23(27)24-19-5-4-6-20(13-19)25(28)29/h4-13H,1-3H3,(H,24,27). The van der Waals surface area contributed by atoms with Gasteiger partial charge in [-0.25, -0.2) is 0 Å². The Morgan fingerprint density at radius 3 is 2.03 bits per heavy atom. The fourth-order valence-corrected chi connectivity index (χ4v) is 3.36. The van der Waals surface area contributed by atoms with E-state index in [1.165, 1.54) is 18.2 Å². The van der Waals surface area contributed by atoms with Gasteiger partial charge < -0.3 is 5.32 Å². The first-order chi connectivity index (χ1) is 13.8. The number of carbonyl (C=O) groups is 2. The molecular formula is C23H20N2O4. The minimum Gasteiger partial charge on any atom is -0.322 e. The molecule has 3 aromatic carbocycles. The number of hydrogen-bond acceptors (Lipinski definition) is 4. The van der Waals surface area contributed by atoms with Gasteiger partial charge in [-0.2, -0.15) is 0 Å². The number of nitrogens with one attached hydrogen (secondary N) is 1. The van der Waals surface area contributed by atoms with E-state index in [0.29, 0.717) is 22.4 Å². The largest absolute Gasteiger partial charge is 0.322 e. The lowest BCUT2D eigenvalue weighted by molar-refractivity contribution is -0.384. The van der Waals surface area contributed by atoms with Gasteiger partial charge in [-0.1, -0.05) is 35.9 Å². The van der Waals surface area contributed by atoms with Crippen molar-refractivity contribution < 1.29 is 14.5 Å². The molecule has 6 heteroatoms. The lowest BCUT2D eigenvalue weighted by atomic mass is 9.93. The molecule has 6 nitrogen and oxygen atoms in total. The van der Waals surface area contributed by atoms with Gasteiger partial charge in [-0.05, 0) is 50.1 Å². The van der Waals surface area contributed by atoms with Crippen LogP contribution < -0.4 is 5.32 Å². The van der Waals surface area contributed by atoms with Crippen molar-refractivity contribution in [2.75, 3.05) is 5.32 Å². The van der Waals surface area contributed by atoms with Crippen molar-refractivity contribution in [1.29, 1.82) is 0 Å². The molecule has 3 rings (SSSR count). The fourth-order valence-electron chi connectivity index (χ4n) is 3.36. The van der Waals surface area contributed by atoms with Gasteiger partial charge in [0.15, 0.2) is 5.78 Å². The molecule has 0 spiro atoms. The van der Waals surface area contributed by atoms with Crippen molar-refractivity contribution in [2.24, 2.45) is 0 Å². The van der Waals surface area contributed by atoms with Crippen LogP contribution in [0, 0.1) is 30.9 Å². The van der Waals surface area contributed by atoms with E-state index in [4.69, 9.17) is 0 Å². The van der Waals surface area contributed by atoms with Crippen LogP contribution in [-0.4, -0.2) is 16.6 Å². The molecular weight excluding hydrogens is 368 g/mol. The first-order valence-electron chi connectivity index (χ1n) is 9.04. The van der Waals surface area contributed by atoms with Crippen molar-refractivity contribution >= 4 is 23.1 Å². The summed E-state index contributed by atoms with van der Waals surface area (Å²) in [6.07, 6.45) is 0. The Morgan fingerprint density at radius 2 is 1.45 bits per heavy atom. The zero-order valence-electron chi connectivity index (χ0n) is 16.4. The quantitative estimate of drug-likeness (QED) is 0.378. The van der Waals surface area contributed by atoms with E-state index in [1.54, 1.807) is 30.3 Å². The van der Waals surface area contributed by atoms with Gasteiger partial charge in [-0.15, -0.1) is 0 Å². The highest BCUT2D eigenvalue weighted by molar-refractivity contribution is 6.11. The second kappa shape index (κ2) is 8.06. The van der Waals surface area contributed by atoms with E-state index in [0.717, 1.165) is 16.7 Å². The number of rotatable bonds is 5. The lowest BCUT2D eigenvalue weighted by Crippen LogP contribution is -2.13. The van der Waals surface area contributed by atoms with E-state index in [-0.39, 0.29) is 11.5 Å². The fraction of sp³-hybridized carbons (Fsp3) is 0.130. The van der Waals surface area contributed by atoms with Gasteiger partial charge in [-0.3, -0.25) is 19.7 Å². The maximum Gasteiger partial charge on any atom is 0.271 e. The van der Waals surface area contributed by atoms with Gasteiger partial charge >= 0.3 is 0 Å². The first kappa shape index (κ1) is 19.9. The van der Waals surface area contributed by atoms with Crippen molar-refractivity contribution in [3.8, 4) is 0 Å². The minimum atomic E-state index is -0.523. The third-order valence-electron chi connectivity index (χ3n) is 4.63. The highest BCUT2D eigenvalue weighted by Crippen LogP contribution is 2.21. The molecule has 1 N–H and O–H groups in total. The summed E-state index contributed by atoms with van der Waals surface area (Å²) in [5.74, 6) is -0.502. The number of benzene rings is 3. The molecule has 0 heterocycles. The monoisotopic (exact) mass is 388 g/mol. The number of aryl methyl sites for hydroxylation is 3.